The fraction of sp³-hybridized carbons (Fsp3) is 0.273. The number of methoxy groups -OCH3 is 1. The van der Waals surface area contributed by atoms with Gasteiger partial charge in [-0.3, -0.25) is 0 Å². The van der Waals surface area contributed by atoms with Gasteiger partial charge >= 0.3 is 0 Å². The summed E-state index contributed by atoms with van der Waals surface area (Å²) in [6.07, 6.45) is 1.88. The lowest BCUT2D eigenvalue weighted by Gasteiger charge is -2.09. The molecule has 0 fully saturated rings. The number of aryl methyl sites for hydroxylation is 1. The highest BCUT2D eigenvalue weighted by Gasteiger charge is 2.12. The van der Waals surface area contributed by atoms with Crippen molar-refractivity contribution in [2.75, 3.05) is 19.5 Å². The molecular weight excluding hydrogens is 402 g/mol. The van der Waals surface area contributed by atoms with E-state index < -0.39 is 0 Å². The molecule has 152 valence electrons. The third-order valence-electron chi connectivity index (χ3n) is 4.14. The van der Waals surface area contributed by atoms with Crippen LogP contribution in [-0.2, 0) is 12.3 Å². The summed E-state index contributed by atoms with van der Waals surface area (Å²) >= 11 is 3.40. The van der Waals surface area contributed by atoms with Crippen LogP contribution in [0.25, 0.3) is 0 Å². The molecule has 5 nitrogen and oxygen atoms in total. The normalized spacial score (nSPS) is 10.7. The maximum absolute atomic E-state index is 5.79. The Morgan fingerprint density at radius 1 is 1.00 bits per heavy atom. The average molecular weight is 428 g/mol. The molecule has 0 radical (unpaired) electrons. The molecule has 29 heavy (non-hydrogen) atoms. The van der Waals surface area contributed by atoms with Crippen molar-refractivity contribution in [3.63, 3.8) is 0 Å². The Balaban J connectivity index is 1.53. The van der Waals surface area contributed by atoms with Crippen molar-refractivity contribution in [2.24, 2.45) is 0 Å². The third kappa shape index (κ3) is 6.30. The van der Waals surface area contributed by atoms with Gasteiger partial charge in [0.1, 0.15) is 17.3 Å². The van der Waals surface area contributed by atoms with Crippen LogP contribution in [0.5, 0.6) is 11.5 Å². The lowest BCUT2D eigenvalue weighted by Crippen LogP contribution is -2.05. The second-order valence-electron chi connectivity index (χ2n) is 6.27. The summed E-state index contributed by atoms with van der Waals surface area (Å²) in [5.74, 6) is 4.16. The van der Waals surface area contributed by atoms with Gasteiger partial charge in [0.15, 0.2) is 5.16 Å². The number of allylic oxidation sites excluding steroid dienone is 1. The summed E-state index contributed by atoms with van der Waals surface area (Å²) < 4.78 is 13.1. The summed E-state index contributed by atoms with van der Waals surface area (Å²) in [6, 6.07) is 16.1. The molecule has 0 N–H and O–H groups in total. The van der Waals surface area contributed by atoms with Gasteiger partial charge in [0.25, 0.3) is 0 Å². The minimum atomic E-state index is 0.589. The van der Waals surface area contributed by atoms with Gasteiger partial charge < -0.3 is 14.0 Å². The Morgan fingerprint density at radius 3 is 2.41 bits per heavy atom. The predicted molar refractivity (Wildman–Crippen MR) is 120 cm³/mol. The van der Waals surface area contributed by atoms with Gasteiger partial charge in [0.05, 0.1) is 19.5 Å². The molecule has 1 heterocycles. The first-order valence-electron chi connectivity index (χ1n) is 9.31. The van der Waals surface area contributed by atoms with Crippen LogP contribution in [0.3, 0.4) is 0 Å². The van der Waals surface area contributed by atoms with Gasteiger partial charge in [-0.1, -0.05) is 35.5 Å². The Hall–Kier alpha value is -2.38. The van der Waals surface area contributed by atoms with Gasteiger partial charge in [-0.2, -0.15) is 0 Å². The molecule has 0 atom stereocenters. The van der Waals surface area contributed by atoms with Crippen LogP contribution in [0, 0.1) is 6.92 Å². The van der Waals surface area contributed by atoms with E-state index in [1.54, 1.807) is 30.6 Å². The van der Waals surface area contributed by atoms with Gasteiger partial charge in [-0.25, -0.2) is 0 Å². The Kier molecular flexibility index (Phi) is 8.07. The first kappa shape index (κ1) is 21.3. The van der Waals surface area contributed by atoms with Crippen LogP contribution in [0.15, 0.2) is 71.2 Å². The second-order valence-corrected chi connectivity index (χ2v) is 8.38. The van der Waals surface area contributed by atoms with E-state index in [-0.39, 0.29) is 0 Å². The van der Waals surface area contributed by atoms with Crippen molar-refractivity contribution in [1.29, 1.82) is 0 Å². The lowest BCUT2D eigenvalue weighted by molar-refractivity contribution is 0.342. The molecule has 0 amide bonds. The SMILES string of the molecule is C=CCn1c(CSc2ccc(C)cc2)nnc1SCCOc1ccc(OC)cc1. The maximum Gasteiger partial charge on any atom is 0.191 e. The molecule has 0 aliphatic carbocycles. The second kappa shape index (κ2) is 11.0. The number of hydrogen-bond acceptors (Lipinski definition) is 6. The number of benzene rings is 2. The summed E-state index contributed by atoms with van der Waals surface area (Å²) in [5.41, 5.74) is 1.26. The van der Waals surface area contributed by atoms with Crippen LogP contribution in [0.2, 0.25) is 0 Å². The molecule has 7 heteroatoms. The third-order valence-corrected chi connectivity index (χ3v) is 6.08. The van der Waals surface area contributed by atoms with Crippen LogP contribution >= 0.6 is 23.5 Å². The molecule has 0 bridgehead atoms. The van der Waals surface area contributed by atoms with Gasteiger partial charge in [-0.05, 0) is 43.3 Å². The van der Waals surface area contributed by atoms with Crippen molar-refractivity contribution >= 4 is 23.5 Å². The van der Waals surface area contributed by atoms with E-state index in [1.165, 1.54) is 10.5 Å². The Morgan fingerprint density at radius 2 is 1.72 bits per heavy atom. The van der Waals surface area contributed by atoms with E-state index in [1.807, 2.05) is 30.3 Å². The maximum atomic E-state index is 5.79. The predicted octanol–water partition coefficient (Wildman–Crippen LogP) is 5.24. The van der Waals surface area contributed by atoms with E-state index in [2.05, 4.69) is 52.5 Å². The fourth-order valence-corrected chi connectivity index (χ4v) is 4.21. The molecule has 0 saturated heterocycles. The number of nitrogens with zero attached hydrogens (tertiary/aromatic N) is 3. The lowest BCUT2D eigenvalue weighted by atomic mass is 10.2. The molecule has 2 aromatic carbocycles. The molecule has 0 aliphatic rings. The van der Waals surface area contributed by atoms with Crippen molar-refractivity contribution in [2.45, 2.75) is 29.3 Å². The number of hydrogen-bond donors (Lipinski definition) is 0. The zero-order chi connectivity index (χ0) is 20.5. The van der Waals surface area contributed by atoms with Crippen LogP contribution in [-0.4, -0.2) is 34.2 Å². The van der Waals surface area contributed by atoms with Gasteiger partial charge in [0, 0.05) is 17.2 Å². The van der Waals surface area contributed by atoms with Crippen LogP contribution in [0.4, 0.5) is 0 Å². The van der Waals surface area contributed by atoms with Crippen molar-refractivity contribution in [3.05, 3.63) is 72.6 Å². The fourth-order valence-electron chi connectivity index (χ4n) is 2.59. The van der Waals surface area contributed by atoms with Crippen molar-refractivity contribution in [1.82, 2.24) is 14.8 Å². The topological polar surface area (TPSA) is 49.2 Å². The highest BCUT2D eigenvalue weighted by Crippen LogP contribution is 2.25. The number of rotatable bonds is 11. The molecule has 3 aromatic rings. The minimum absolute atomic E-state index is 0.589. The highest BCUT2D eigenvalue weighted by atomic mass is 32.2. The first-order valence-corrected chi connectivity index (χ1v) is 11.3. The van der Waals surface area contributed by atoms with Crippen LogP contribution in [0.1, 0.15) is 11.4 Å². The number of aromatic nitrogens is 3. The van der Waals surface area contributed by atoms with E-state index in [0.29, 0.717) is 13.2 Å². The van der Waals surface area contributed by atoms with Gasteiger partial charge in [0.2, 0.25) is 0 Å². The largest absolute Gasteiger partial charge is 0.497 e. The molecule has 3 rings (SSSR count). The molecular formula is C22H25N3O2S2. The molecule has 0 spiro atoms. The van der Waals surface area contributed by atoms with E-state index in [4.69, 9.17) is 9.47 Å². The smallest absolute Gasteiger partial charge is 0.191 e. The monoisotopic (exact) mass is 427 g/mol. The molecule has 0 unspecified atom stereocenters. The van der Waals surface area contributed by atoms with E-state index in [9.17, 15) is 0 Å². The Labute approximate surface area is 180 Å². The summed E-state index contributed by atoms with van der Waals surface area (Å²) in [6.45, 7) is 7.24. The average Bonchev–Trinajstić information content (AvgIpc) is 3.13. The van der Waals surface area contributed by atoms with Gasteiger partial charge in [-0.15, -0.1) is 28.5 Å². The highest BCUT2D eigenvalue weighted by molar-refractivity contribution is 7.99. The van der Waals surface area contributed by atoms with E-state index in [0.717, 1.165) is 34.0 Å². The van der Waals surface area contributed by atoms with Crippen molar-refractivity contribution in [3.8, 4) is 11.5 Å². The molecule has 0 saturated carbocycles. The van der Waals surface area contributed by atoms with E-state index >= 15 is 0 Å². The van der Waals surface area contributed by atoms with Crippen LogP contribution < -0.4 is 9.47 Å². The Bertz CT molecular complexity index is 909. The minimum Gasteiger partial charge on any atom is -0.497 e. The van der Waals surface area contributed by atoms with Crippen molar-refractivity contribution < 1.29 is 9.47 Å². The quantitative estimate of drug-likeness (QED) is 0.237. The standard InChI is InChI=1S/C22H25N3O2S2/c1-4-13-25-21(16-29-20-11-5-17(2)6-12-20)23-24-22(25)28-15-14-27-19-9-7-18(26-3)8-10-19/h4-12H,1,13-16H2,2-3H3. The first-order chi connectivity index (χ1) is 14.2. The summed E-state index contributed by atoms with van der Waals surface area (Å²) in [4.78, 5) is 1.23. The molecule has 0 aliphatic heterocycles. The summed E-state index contributed by atoms with van der Waals surface area (Å²) in [5, 5.41) is 9.65. The zero-order valence-electron chi connectivity index (χ0n) is 16.7. The molecule has 1 aromatic heterocycles. The number of ether oxygens (including phenoxy) is 2. The zero-order valence-corrected chi connectivity index (χ0v) is 18.3. The number of thioether (sulfide) groups is 2. The summed E-state index contributed by atoms with van der Waals surface area (Å²) in [7, 11) is 1.65.